The summed E-state index contributed by atoms with van der Waals surface area (Å²) in [4.78, 5) is 36.3. The average Bonchev–Trinajstić information content (AvgIpc) is 2.86. The van der Waals surface area contributed by atoms with Crippen LogP contribution in [0.3, 0.4) is 0 Å². The van der Waals surface area contributed by atoms with Crippen molar-refractivity contribution >= 4 is 17.7 Å². The zero-order chi connectivity index (χ0) is 36.2. The Morgan fingerprint density at radius 1 is 0.804 bits per heavy atom. The second kappa shape index (κ2) is 14.1. The molecular formula is C25H23F13O8. The Morgan fingerprint density at radius 3 is 1.76 bits per heavy atom. The Labute approximate surface area is 250 Å². The van der Waals surface area contributed by atoms with E-state index in [4.69, 9.17) is 4.74 Å². The standard InChI is InChI=1S/C25H23F13O8/c1-13(2)17(40)43-12-42-9-14-5-7-15(8-6-14)16(39)19(3,4)45-18(41)23(32,25(36,37)38)44-11-20(26,24(33,34)35)46-22(30,31)10-21(27,28)29/h5-8H,1,9-12H2,2-4H3. The maximum atomic E-state index is 14.9. The van der Waals surface area contributed by atoms with Crippen molar-refractivity contribution in [1.29, 1.82) is 0 Å². The lowest BCUT2D eigenvalue weighted by Crippen LogP contribution is -2.59. The molecule has 0 aliphatic carbocycles. The molecule has 0 heterocycles. The molecule has 46 heavy (non-hydrogen) atoms. The van der Waals surface area contributed by atoms with E-state index >= 15 is 0 Å². The van der Waals surface area contributed by atoms with Gasteiger partial charge in [-0.2, -0.15) is 57.1 Å². The van der Waals surface area contributed by atoms with E-state index in [2.05, 4.69) is 25.5 Å². The molecule has 0 saturated carbocycles. The summed E-state index contributed by atoms with van der Waals surface area (Å²) in [5.41, 5.74) is -2.77. The number of ketones is 1. The van der Waals surface area contributed by atoms with Gasteiger partial charge in [0.25, 0.3) is 0 Å². The minimum atomic E-state index is -6.88. The van der Waals surface area contributed by atoms with Crippen molar-refractivity contribution in [2.75, 3.05) is 13.4 Å². The Hall–Kier alpha value is -3.46. The second-order valence-electron chi connectivity index (χ2n) is 9.74. The van der Waals surface area contributed by atoms with Crippen LogP contribution in [-0.4, -0.2) is 73.1 Å². The summed E-state index contributed by atoms with van der Waals surface area (Å²) in [7, 11) is 0. The van der Waals surface area contributed by atoms with Crippen LogP contribution >= 0.6 is 0 Å². The van der Waals surface area contributed by atoms with E-state index in [1.807, 2.05) is 0 Å². The molecule has 2 unspecified atom stereocenters. The number of Topliss-reactive ketones (excluding diaryl/α,β-unsaturated/α-hetero) is 1. The fraction of sp³-hybridized carbons (Fsp3) is 0.560. The van der Waals surface area contributed by atoms with E-state index in [0.717, 1.165) is 12.1 Å². The van der Waals surface area contributed by atoms with E-state index in [9.17, 15) is 71.5 Å². The zero-order valence-electron chi connectivity index (χ0n) is 23.5. The predicted molar refractivity (Wildman–Crippen MR) is 124 cm³/mol. The molecule has 0 amide bonds. The lowest BCUT2D eigenvalue weighted by molar-refractivity contribution is -0.441. The molecule has 0 aromatic heterocycles. The maximum absolute atomic E-state index is 14.9. The molecule has 0 aliphatic heterocycles. The van der Waals surface area contributed by atoms with Gasteiger partial charge in [-0.15, -0.1) is 0 Å². The summed E-state index contributed by atoms with van der Waals surface area (Å²) in [6, 6.07) is 4.43. The maximum Gasteiger partial charge on any atom is 0.460 e. The fourth-order valence-corrected chi connectivity index (χ4v) is 2.95. The van der Waals surface area contributed by atoms with Crippen LogP contribution in [0.25, 0.3) is 0 Å². The minimum absolute atomic E-state index is 0.0805. The molecule has 0 spiro atoms. The summed E-state index contributed by atoms with van der Waals surface area (Å²) in [5, 5.41) is 0. The molecule has 8 nitrogen and oxygen atoms in total. The van der Waals surface area contributed by atoms with Crippen molar-refractivity contribution < 1.29 is 95.1 Å². The third-order valence-electron chi connectivity index (χ3n) is 5.23. The molecule has 0 fully saturated rings. The molecular weight excluding hydrogens is 675 g/mol. The van der Waals surface area contributed by atoms with Gasteiger partial charge < -0.3 is 18.9 Å². The molecule has 21 heteroatoms. The lowest BCUT2D eigenvalue weighted by atomic mass is 9.95. The Morgan fingerprint density at radius 2 is 1.33 bits per heavy atom. The number of rotatable bonds is 15. The Balaban J connectivity index is 3.14. The minimum Gasteiger partial charge on any atom is -0.447 e. The molecule has 1 rings (SSSR count). The van der Waals surface area contributed by atoms with Gasteiger partial charge in [0.1, 0.15) is 13.0 Å². The van der Waals surface area contributed by atoms with Gasteiger partial charge in [0.15, 0.2) is 12.4 Å². The molecule has 1 aromatic rings. The molecule has 0 saturated heterocycles. The van der Waals surface area contributed by atoms with Crippen LogP contribution in [0.5, 0.6) is 0 Å². The summed E-state index contributed by atoms with van der Waals surface area (Å²) in [5.74, 6) is -17.8. The Bertz CT molecular complexity index is 1260. The van der Waals surface area contributed by atoms with Gasteiger partial charge >= 0.3 is 48.3 Å². The van der Waals surface area contributed by atoms with Gasteiger partial charge in [-0.05, 0) is 26.3 Å². The van der Waals surface area contributed by atoms with Gasteiger partial charge in [-0.3, -0.25) is 9.53 Å². The van der Waals surface area contributed by atoms with Crippen molar-refractivity contribution in [2.45, 2.75) is 75.7 Å². The summed E-state index contributed by atoms with van der Waals surface area (Å²) in [6.45, 7) is 1.58. The molecule has 262 valence electrons. The first kappa shape index (κ1) is 40.6. The van der Waals surface area contributed by atoms with Crippen LogP contribution in [-0.2, 0) is 39.9 Å². The van der Waals surface area contributed by atoms with E-state index < -0.39 is 85.1 Å². The number of alkyl halides is 13. The quantitative estimate of drug-likeness (QED) is 0.0492. The topological polar surface area (TPSA) is 97.4 Å². The van der Waals surface area contributed by atoms with Gasteiger partial charge in [-0.1, -0.05) is 30.8 Å². The molecule has 0 N–H and O–H groups in total. The van der Waals surface area contributed by atoms with Crippen molar-refractivity contribution in [1.82, 2.24) is 0 Å². The van der Waals surface area contributed by atoms with Crippen molar-refractivity contribution in [3.8, 4) is 0 Å². The first-order valence-electron chi connectivity index (χ1n) is 12.0. The third kappa shape index (κ3) is 11.1. The monoisotopic (exact) mass is 698 g/mol. The first-order chi connectivity index (χ1) is 20.5. The number of hydrogen-bond acceptors (Lipinski definition) is 8. The van der Waals surface area contributed by atoms with Crippen LogP contribution in [0, 0.1) is 0 Å². The van der Waals surface area contributed by atoms with Gasteiger partial charge in [-0.25, -0.2) is 9.59 Å². The first-order valence-corrected chi connectivity index (χ1v) is 12.0. The van der Waals surface area contributed by atoms with Crippen LogP contribution in [0.2, 0.25) is 0 Å². The largest absolute Gasteiger partial charge is 0.460 e. The lowest BCUT2D eigenvalue weighted by Gasteiger charge is -2.35. The molecule has 1 aromatic carbocycles. The van der Waals surface area contributed by atoms with Crippen LogP contribution in [0.1, 0.15) is 43.1 Å². The van der Waals surface area contributed by atoms with Crippen LogP contribution < -0.4 is 0 Å². The van der Waals surface area contributed by atoms with Crippen LogP contribution in [0.15, 0.2) is 36.4 Å². The van der Waals surface area contributed by atoms with Gasteiger partial charge in [0.05, 0.1) is 6.61 Å². The van der Waals surface area contributed by atoms with E-state index in [-0.39, 0.29) is 12.2 Å². The predicted octanol–water partition coefficient (Wildman–Crippen LogP) is 6.82. The summed E-state index contributed by atoms with van der Waals surface area (Å²) >= 11 is 0. The highest BCUT2D eigenvalue weighted by molar-refractivity contribution is 6.03. The highest BCUT2D eigenvalue weighted by atomic mass is 19.4. The molecule has 0 bridgehead atoms. The fourth-order valence-electron chi connectivity index (χ4n) is 2.95. The zero-order valence-corrected chi connectivity index (χ0v) is 23.5. The average molecular weight is 698 g/mol. The molecule has 0 aliphatic rings. The molecule has 0 radical (unpaired) electrons. The highest BCUT2D eigenvalue weighted by Crippen LogP contribution is 2.45. The normalized spacial score (nSPS) is 15.8. The number of esters is 2. The number of ether oxygens (including phenoxy) is 5. The smallest absolute Gasteiger partial charge is 0.447 e. The number of halogens is 13. The van der Waals surface area contributed by atoms with Crippen molar-refractivity contribution in [2.24, 2.45) is 0 Å². The Kier molecular flexibility index (Phi) is 12.4. The van der Waals surface area contributed by atoms with Crippen molar-refractivity contribution in [3.05, 3.63) is 47.5 Å². The van der Waals surface area contributed by atoms with E-state index in [0.29, 0.717) is 19.4 Å². The van der Waals surface area contributed by atoms with Gasteiger partial charge in [0.2, 0.25) is 5.78 Å². The number of carbonyl (C=O) groups is 3. The van der Waals surface area contributed by atoms with E-state index in [1.54, 1.807) is 0 Å². The summed E-state index contributed by atoms with van der Waals surface area (Å²) < 4.78 is 192. The third-order valence-corrected chi connectivity index (χ3v) is 5.23. The summed E-state index contributed by atoms with van der Waals surface area (Å²) in [6.07, 6.45) is -29.2. The van der Waals surface area contributed by atoms with Crippen molar-refractivity contribution in [3.63, 3.8) is 0 Å². The SMILES string of the molecule is C=C(C)C(=O)OCOCc1ccc(C(=O)C(C)(C)OC(=O)C(F)(OCC(F)(OC(F)(F)CC(F)(F)F)C(F)(F)F)C(F)(F)F)cc1. The second-order valence-corrected chi connectivity index (χ2v) is 9.74. The van der Waals surface area contributed by atoms with E-state index in [1.165, 1.54) is 19.1 Å². The molecule has 2 atom stereocenters. The van der Waals surface area contributed by atoms with Crippen LogP contribution in [0.4, 0.5) is 57.1 Å². The number of carbonyl (C=O) groups excluding carboxylic acids is 3. The number of hydrogen-bond donors (Lipinski definition) is 0. The van der Waals surface area contributed by atoms with Gasteiger partial charge in [0, 0.05) is 11.1 Å². The highest BCUT2D eigenvalue weighted by Gasteiger charge is 2.70. The number of benzene rings is 1.